The van der Waals surface area contributed by atoms with Gasteiger partial charge in [-0.05, 0) is 39.0 Å². The van der Waals surface area contributed by atoms with E-state index in [1.54, 1.807) is 0 Å². The summed E-state index contributed by atoms with van der Waals surface area (Å²) < 4.78 is 49.5. The number of hydrogen-bond acceptors (Lipinski definition) is 5. The Morgan fingerprint density at radius 2 is 1.83 bits per heavy atom. The minimum Gasteiger partial charge on any atom is -0.481 e. The van der Waals surface area contributed by atoms with Crippen molar-refractivity contribution in [3.63, 3.8) is 0 Å². The van der Waals surface area contributed by atoms with Gasteiger partial charge in [0.05, 0.1) is 6.42 Å². The second-order valence-electron chi connectivity index (χ2n) is 7.16. The molecule has 0 aliphatic heterocycles. The molecule has 0 spiro atoms. The number of anilines is 1. The number of alkyl halides is 2. The first-order valence-electron chi connectivity index (χ1n) is 8.56. The van der Waals surface area contributed by atoms with E-state index in [4.69, 9.17) is 9.84 Å². The molecular weight excluding hydrogens is 391 g/mol. The van der Waals surface area contributed by atoms with Crippen LogP contribution in [0.1, 0.15) is 32.0 Å². The molecular formula is C19H20F3N3O4. The molecule has 2 rings (SSSR count). The molecule has 10 heteroatoms. The topological polar surface area (TPSA) is 92.6 Å². The van der Waals surface area contributed by atoms with E-state index in [1.165, 1.54) is 32.9 Å². The van der Waals surface area contributed by atoms with E-state index >= 15 is 0 Å². The van der Waals surface area contributed by atoms with Gasteiger partial charge in [-0.2, -0.15) is 8.78 Å². The third-order valence-electron chi connectivity index (χ3n) is 3.56. The Labute approximate surface area is 165 Å². The molecule has 0 aliphatic rings. The average Bonchev–Trinajstić information content (AvgIpc) is 2.61. The minimum atomic E-state index is -3.66. The van der Waals surface area contributed by atoms with Gasteiger partial charge in [-0.1, -0.05) is 6.07 Å². The second-order valence-corrected chi connectivity index (χ2v) is 7.16. The first kappa shape index (κ1) is 22.1. The predicted octanol–water partition coefficient (Wildman–Crippen LogP) is 3.78. The SMILES string of the molecule is CC(C)(C)OC(=O)N(CC(F)(F)c1ccccn1)c1nccc(CC(=O)O)c1F. The van der Waals surface area contributed by atoms with E-state index in [1.807, 2.05) is 0 Å². The normalized spacial score (nSPS) is 11.8. The number of aliphatic carboxylic acids is 1. The summed E-state index contributed by atoms with van der Waals surface area (Å²) >= 11 is 0. The fourth-order valence-electron chi connectivity index (χ4n) is 2.36. The van der Waals surface area contributed by atoms with Gasteiger partial charge in [0.2, 0.25) is 0 Å². The molecule has 29 heavy (non-hydrogen) atoms. The zero-order valence-electron chi connectivity index (χ0n) is 16.0. The number of carboxylic acids is 1. The summed E-state index contributed by atoms with van der Waals surface area (Å²) in [7, 11) is 0. The highest BCUT2D eigenvalue weighted by Crippen LogP contribution is 2.31. The van der Waals surface area contributed by atoms with E-state index < -0.39 is 53.9 Å². The fraction of sp³-hybridized carbons (Fsp3) is 0.368. The van der Waals surface area contributed by atoms with Gasteiger partial charge in [-0.25, -0.2) is 14.2 Å². The van der Waals surface area contributed by atoms with E-state index in [9.17, 15) is 22.8 Å². The minimum absolute atomic E-state index is 0.308. The molecule has 0 aliphatic carbocycles. The van der Waals surface area contributed by atoms with Gasteiger partial charge >= 0.3 is 18.0 Å². The molecule has 0 saturated heterocycles. The van der Waals surface area contributed by atoms with Crippen molar-refractivity contribution in [2.24, 2.45) is 0 Å². The van der Waals surface area contributed by atoms with Crippen molar-refractivity contribution in [2.45, 2.75) is 38.7 Å². The average molecular weight is 411 g/mol. The first-order chi connectivity index (χ1) is 13.4. The third-order valence-corrected chi connectivity index (χ3v) is 3.56. The molecule has 2 aromatic rings. The molecule has 7 nitrogen and oxygen atoms in total. The highest BCUT2D eigenvalue weighted by Gasteiger charge is 2.40. The van der Waals surface area contributed by atoms with Gasteiger partial charge in [0, 0.05) is 18.0 Å². The summed E-state index contributed by atoms with van der Waals surface area (Å²) in [5.74, 6) is -6.94. The molecule has 1 N–H and O–H groups in total. The Morgan fingerprint density at radius 3 is 2.38 bits per heavy atom. The lowest BCUT2D eigenvalue weighted by Crippen LogP contribution is -2.44. The summed E-state index contributed by atoms with van der Waals surface area (Å²) in [6, 6.07) is 4.96. The molecule has 0 fully saturated rings. The van der Waals surface area contributed by atoms with Crippen LogP contribution in [0.25, 0.3) is 0 Å². The maximum atomic E-state index is 14.8. The Bertz CT molecular complexity index is 886. The van der Waals surface area contributed by atoms with E-state index in [0.717, 1.165) is 24.5 Å². The van der Waals surface area contributed by atoms with Gasteiger partial charge in [0.25, 0.3) is 0 Å². The lowest BCUT2D eigenvalue weighted by atomic mass is 10.1. The molecule has 0 bridgehead atoms. The van der Waals surface area contributed by atoms with Crippen LogP contribution in [0.5, 0.6) is 0 Å². The Morgan fingerprint density at radius 1 is 1.14 bits per heavy atom. The number of amides is 1. The number of carbonyl (C=O) groups is 2. The smallest absolute Gasteiger partial charge is 0.416 e. The molecule has 2 heterocycles. The van der Waals surface area contributed by atoms with Crippen LogP contribution < -0.4 is 4.90 Å². The number of carboxylic acid groups (broad SMARTS) is 1. The van der Waals surface area contributed by atoms with Gasteiger partial charge in [0.15, 0.2) is 11.6 Å². The van der Waals surface area contributed by atoms with Gasteiger partial charge in [-0.15, -0.1) is 0 Å². The molecule has 1 amide bonds. The molecule has 0 atom stereocenters. The van der Waals surface area contributed by atoms with Gasteiger partial charge in [-0.3, -0.25) is 14.7 Å². The third kappa shape index (κ3) is 5.90. The number of pyridine rings is 2. The number of aromatic nitrogens is 2. The lowest BCUT2D eigenvalue weighted by molar-refractivity contribution is -0.136. The van der Waals surface area contributed by atoms with Crippen molar-refractivity contribution in [3.8, 4) is 0 Å². The van der Waals surface area contributed by atoms with E-state index in [2.05, 4.69) is 9.97 Å². The summed E-state index contributed by atoms with van der Waals surface area (Å²) in [4.78, 5) is 31.1. The fourth-order valence-corrected chi connectivity index (χ4v) is 2.36. The monoisotopic (exact) mass is 411 g/mol. The van der Waals surface area contributed by atoms with Crippen LogP contribution in [-0.2, 0) is 21.9 Å². The Hall–Kier alpha value is -3.17. The first-order valence-corrected chi connectivity index (χ1v) is 8.56. The van der Waals surface area contributed by atoms with Gasteiger partial charge < -0.3 is 9.84 Å². The van der Waals surface area contributed by atoms with Crippen LogP contribution in [-0.4, -0.2) is 39.3 Å². The number of ether oxygens (including phenoxy) is 1. The lowest BCUT2D eigenvalue weighted by Gasteiger charge is -2.29. The summed E-state index contributed by atoms with van der Waals surface area (Å²) in [6.07, 6.45) is 0.229. The standard InChI is InChI=1S/C19H20F3N3O4/c1-18(2,3)29-17(28)25(11-19(21,22)13-6-4-5-8-23-13)16-15(20)12(7-9-24-16)10-14(26)27/h4-9H,10-11H2,1-3H3,(H,26,27). The Kier molecular flexibility index (Phi) is 6.45. The maximum absolute atomic E-state index is 14.8. The zero-order valence-corrected chi connectivity index (χ0v) is 16.0. The maximum Gasteiger partial charge on any atom is 0.416 e. The van der Waals surface area contributed by atoms with Gasteiger partial charge in [0.1, 0.15) is 17.8 Å². The number of carbonyl (C=O) groups excluding carboxylic acids is 1. The van der Waals surface area contributed by atoms with Crippen molar-refractivity contribution >= 4 is 17.9 Å². The molecule has 0 aromatic carbocycles. The number of nitrogens with zero attached hydrogens (tertiary/aromatic N) is 3. The van der Waals surface area contributed by atoms with Crippen LogP contribution in [0.2, 0.25) is 0 Å². The number of halogens is 3. The van der Waals surface area contributed by atoms with Crippen LogP contribution >= 0.6 is 0 Å². The number of hydrogen-bond donors (Lipinski definition) is 1. The highest BCUT2D eigenvalue weighted by molar-refractivity contribution is 5.87. The predicted molar refractivity (Wildman–Crippen MR) is 97.2 cm³/mol. The highest BCUT2D eigenvalue weighted by atomic mass is 19.3. The molecule has 0 radical (unpaired) electrons. The van der Waals surface area contributed by atoms with Crippen LogP contribution in [0.3, 0.4) is 0 Å². The molecule has 0 saturated carbocycles. The van der Waals surface area contributed by atoms with Crippen molar-refractivity contribution in [3.05, 3.63) is 53.7 Å². The number of rotatable bonds is 6. The van der Waals surface area contributed by atoms with Crippen molar-refractivity contribution < 1.29 is 32.6 Å². The molecule has 2 aromatic heterocycles. The van der Waals surface area contributed by atoms with Crippen LogP contribution in [0.4, 0.5) is 23.8 Å². The summed E-state index contributed by atoms with van der Waals surface area (Å²) in [6.45, 7) is 3.25. The second kappa shape index (κ2) is 8.46. The molecule has 156 valence electrons. The summed E-state index contributed by atoms with van der Waals surface area (Å²) in [5.41, 5.74) is -1.99. The van der Waals surface area contributed by atoms with Crippen molar-refractivity contribution in [1.29, 1.82) is 0 Å². The van der Waals surface area contributed by atoms with Crippen LogP contribution in [0, 0.1) is 5.82 Å². The summed E-state index contributed by atoms with van der Waals surface area (Å²) in [5, 5.41) is 8.90. The zero-order chi connectivity index (χ0) is 21.8. The van der Waals surface area contributed by atoms with Crippen molar-refractivity contribution in [1.82, 2.24) is 9.97 Å². The van der Waals surface area contributed by atoms with E-state index in [-0.39, 0.29) is 5.56 Å². The quantitative estimate of drug-likeness (QED) is 0.778. The van der Waals surface area contributed by atoms with E-state index in [0.29, 0.717) is 4.90 Å². The Balaban J connectivity index is 2.49. The molecule has 0 unspecified atom stereocenters. The largest absolute Gasteiger partial charge is 0.481 e. The van der Waals surface area contributed by atoms with Crippen molar-refractivity contribution in [2.75, 3.05) is 11.4 Å². The van der Waals surface area contributed by atoms with Crippen LogP contribution in [0.15, 0.2) is 36.7 Å².